The largest absolute Gasteiger partial charge is 0.507 e. The van der Waals surface area contributed by atoms with Crippen LogP contribution in [-0.4, -0.2) is 11.3 Å². The Bertz CT molecular complexity index is 647. The minimum absolute atomic E-state index is 0.184. The van der Waals surface area contributed by atoms with E-state index < -0.39 is 0 Å². The molecule has 0 aliphatic heterocycles. The zero-order valence-electron chi connectivity index (χ0n) is 9.75. The molecular weight excluding hydrogens is 324 g/mol. The lowest BCUT2D eigenvalue weighted by atomic mass is 10.2. The molecule has 0 heterocycles. The summed E-state index contributed by atoms with van der Waals surface area (Å²) >= 11 is 4.45. The normalized spacial score (nSPS) is 10.5. The van der Waals surface area contributed by atoms with E-state index in [1.165, 1.54) is 0 Å². The molecule has 0 aromatic heterocycles. The number of nitrogens with zero attached hydrogens (tertiary/aromatic N) is 2. The smallest absolute Gasteiger partial charge is 0.138 e. The molecule has 1 N–H and O–H groups in total. The van der Waals surface area contributed by atoms with E-state index in [1.807, 2.05) is 29.7 Å². The van der Waals surface area contributed by atoms with Crippen LogP contribution in [0.5, 0.6) is 5.75 Å². The first-order chi connectivity index (χ1) is 9.19. The lowest BCUT2D eigenvalue weighted by Crippen LogP contribution is -1.82. The number of phenolic OH excluding ortho intramolecular Hbond substituents is 1. The van der Waals surface area contributed by atoms with Crippen LogP contribution in [0.3, 0.4) is 0 Å². The van der Waals surface area contributed by atoms with Crippen molar-refractivity contribution in [3.05, 3.63) is 52.5 Å². The number of hydrogen-bond acceptors (Lipinski definition) is 4. The van der Waals surface area contributed by atoms with Crippen molar-refractivity contribution < 1.29 is 5.11 Å². The lowest BCUT2D eigenvalue weighted by molar-refractivity contribution is 0.474. The van der Waals surface area contributed by atoms with E-state index in [1.54, 1.807) is 24.4 Å². The van der Waals surface area contributed by atoms with E-state index in [4.69, 9.17) is 5.26 Å². The molecule has 2 aromatic carbocycles. The fourth-order valence-corrected chi connectivity index (χ4v) is 2.18. The van der Waals surface area contributed by atoms with Crippen molar-refractivity contribution in [2.75, 3.05) is 0 Å². The summed E-state index contributed by atoms with van der Waals surface area (Å²) in [5.74, 6) is 0.184. The highest BCUT2D eigenvalue weighted by atomic mass is 79.9. The highest BCUT2D eigenvalue weighted by molar-refractivity contribution is 9.10. The summed E-state index contributed by atoms with van der Waals surface area (Å²) in [6, 6.07) is 12.5. The lowest BCUT2D eigenvalue weighted by Gasteiger charge is -1.99. The van der Waals surface area contributed by atoms with Gasteiger partial charge in [-0.05, 0) is 54.2 Å². The number of benzene rings is 2. The van der Waals surface area contributed by atoms with Gasteiger partial charge in [0.1, 0.15) is 11.2 Å². The van der Waals surface area contributed by atoms with Gasteiger partial charge in [0, 0.05) is 21.1 Å². The van der Waals surface area contributed by atoms with E-state index >= 15 is 0 Å². The third-order valence-corrected chi connectivity index (χ3v) is 3.43. The first-order valence-corrected chi connectivity index (χ1v) is 6.98. The number of halogens is 1. The topological polar surface area (TPSA) is 56.4 Å². The quantitative estimate of drug-likeness (QED) is 0.512. The number of phenols is 1. The molecule has 3 nitrogen and oxygen atoms in total. The van der Waals surface area contributed by atoms with Crippen LogP contribution in [-0.2, 0) is 0 Å². The molecule has 0 amide bonds. The molecule has 19 heavy (non-hydrogen) atoms. The fraction of sp³-hybridized carbons (Fsp3) is 0. The highest BCUT2D eigenvalue weighted by Crippen LogP contribution is 2.23. The van der Waals surface area contributed by atoms with Gasteiger partial charge in [-0.2, -0.15) is 5.26 Å². The fourth-order valence-electron chi connectivity index (χ4n) is 1.43. The van der Waals surface area contributed by atoms with E-state index in [0.717, 1.165) is 26.8 Å². The highest BCUT2D eigenvalue weighted by Gasteiger charge is 1.99. The molecule has 0 aliphatic rings. The standard InChI is InChI=1S/C14H9BrN2OS/c15-11-1-6-14(18)10(7-11)8-17-12-2-4-13(5-3-12)19-9-16/h1-8,18H. The first kappa shape index (κ1) is 13.7. The second-order valence-electron chi connectivity index (χ2n) is 3.65. The minimum atomic E-state index is 0.184. The summed E-state index contributed by atoms with van der Waals surface area (Å²) in [5.41, 5.74) is 1.41. The van der Waals surface area contributed by atoms with Crippen LogP contribution in [0, 0.1) is 10.7 Å². The average molecular weight is 333 g/mol. The Morgan fingerprint density at radius 1 is 1.21 bits per heavy atom. The number of thiocyanates is 1. The van der Waals surface area contributed by atoms with Gasteiger partial charge >= 0.3 is 0 Å². The van der Waals surface area contributed by atoms with Crippen molar-refractivity contribution in [1.29, 1.82) is 5.26 Å². The Morgan fingerprint density at radius 3 is 2.63 bits per heavy atom. The van der Waals surface area contributed by atoms with Crippen LogP contribution in [0.15, 0.2) is 56.8 Å². The van der Waals surface area contributed by atoms with Crippen LogP contribution >= 0.6 is 27.7 Å². The Labute approximate surface area is 123 Å². The second-order valence-corrected chi connectivity index (χ2v) is 5.42. The SMILES string of the molecule is N#CSc1ccc(N=Cc2cc(Br)ccc2O)cc1. The van der Waals surface area contributed by atoms with Crippen molar-refractivity contribution in [1.82, 2.24) is 0 Å². The molecule has 0 radical (unpaired) electrons. The zero-order chi connectivity index (χ0) is 13.7. The summed E-state index contributed by atoms with van der Waals surface area (Å²) < 4.78 is 0.882. The van der Waals surface area contributed by atoms with Crippen LogP contribution < -0.4 is 0 Å². The molecule has 2 rings (SSSR count). The van der Waals surface area contributed by atoms with Gasteiger partial charge < -0.3 is 5.11 Å². The number of hydrogen-bond donors (Lipinski definition) is 1. The zero-order valence-corrected chi connectivity index (χ0v) is 12.1. The molecule has 0 bridgehead atoms. The third kappa shape index (κ3) is 3.85. The summed E-state index contributed by atoms with van der Waals surface area (Å²) in [5, 5.41) is 20.2. The van der Waals surface area contributed by atoms with Crippen LogP contribution in [0.2, 0.25) is 0 Å². The molecule has 94 valence electrons. The van der Waals surface area contributed by atoms with Gasteiger partial charge in [0.15, 0.2) is 0 Å². The van der Waals surface area contributed by atoms with Crippen molar-refractivity contribution in [3.8, 4) is 11.2 Å². The Morgan fingerprint density at radius 2 is 1.95 bits per heavy atom. The van der Waals surface area contributed by atoms with Crippen LogP contribution in [0.1, 0.15) is 5.56 Å². The Balaban J connectivity index is 2.18. The first-order valence-electron chi connectivity index (χ1n) is 5.37. The van der Waals surface area contributed by atoms with Crippen molar-refractivity contribution in [2.45, 2.75) is 4.90 Å². The summed E-state index contributed by atoms with van der Waals surface area (Å²) in [6.07, 6.45) is 1.60. The Kier molecular flexibility index (Phi) is 4.61. The van der Waals surface area contributed by atoms with Gasteiger partial charge in [-0.25, -0.2) is 0 Å². The molecule has 0 unspecified atom stereocenters. The van der Waals surface area contributed by atoms with E-state index in [-0.39, 0.29) is 5.75 Å². The molecular formula is C14H9BrN2OS. The van der Waals surface area contributed by atoms with E-state index in [2.05, 4.69) is 20.9 Å². The van der Waals surface area contributed by atoms with Gasteiger partial charge in [0.25, 0.3) is 0 Å². The molecule has 5 heteroatoms. The van der Waals surface area contributed by atoms with Crippen molar-refractivity contribution >= 4 is 39.6 Å². The summed E-state index contributed by atoms with van der Waals surface area (Å²) in [6.45, 7) is 0. The molecule has 2 aromatic rings. The molecule has 0 saturated heterocycles. The van der Waals surface area contributed by atoms with Crippen LogP contribution in [0.25, 0.3) is 0 Å². The number of aromatic hydroxyl groups is 1. The molecule has 0 atom stereocenters. The average Bonchev–Trinajstić information content (AvgIpc) is 2.42. The van der Waals surface area contributed by atoms with Gasteiger partial charge in [0.05, 0.1) is 5.69 Å². The maximum atomic E-state index is 9.68. The summed E-state index contributed by atoms with van der Waals surface area (Å²) in [7, 11) is 0. The summed E-state index contributed by atoms with van der Waals surface area (Å²) in [4.78, 5) is 5.16. The van der Waals surface area contributed by atoms with E-state index in [0.29, 0.717) is 5.56 Å². The van der Waals surface area contributed by atoms with Crippen LogP contribution in [0.4, 0.5) is 5.69 Å². The number of rotatable bonds is 3. The predicted octanol–water partition coefficient (Wildman–Crippen LogP) is 4.48. The molecule has 0 spiro atoms. The van der Waals surface area contributed by atoms with Gasteiger partial charge in [-0.3, -0.25) is 4.99 Å². The number of thioether (sulfide) groups is 1. The van der Waals surface area contributed by atoms with E-state index in [9.17, 15) is 5.11 Å². The molecule has 0 saturated carbocycles. The Hall–Kier alpha value is -1.77. The maximum absolute atomic E-state index is 9.68. The monoisotopic (exact) mass is 332 g/mol. The second kappa shape index (κ2) is 6.41. The van der Waals surface area contributed by atoms with Crippen molar-refractivity contribution in [2.24, 2.45) is 4.99 Å². The minimum Gasteiger partial charge on any atom is -0.507 e. The van der Waals surface area contributed by atoms with Crippen molar-refractivity contribution in [3.63, 3.8) is 0 Å². The maximum Gasteiger partial charge on any atom is 0.138 e. The van der Waals surface area contributed by atoms with Gasteiger partial charge in [-0.15, -0.1) is 0 Å². The predicted molar refractivity (Wildman–Crippen MR) is 81.0 cm³/mol. The molecule has 0 aliphatic carbocycles. The number of nitriles is 1. The van der Waals surface area contributed by atoms with Gasteiger partial charge in [0.2, 0.25) is 0 Å². The third-order valence-electron chi connectivity index (χ3n) is 2.34. The molecule has 0 fully saturated rings. The number of aliphatic imine (C=N–C) groups is 1. The van der Waals surface area contributed by atoms with Gasteiger partial charge in [-0.1, -0.05) is 15.9 Å².